The van der Waals surface area contributed by atoms with E-state index in [1.807, 2.05) is 0 Å². The van der Waals surface area contributed by atoms with Gasteiger partial charge < -0.3 is 10.1 Å². The molecule has 2 saturated carbocycles. The number of methoxy groups -OCH3 is 1. The van der Waals surface area contributed by atoms with Crippen LogP contribution in [-0.4, -0.2) is 13.0 Å². The van der Waals surface area contributed by atoms with Crippen LogP contribution in [0.1, 0.15) is 81.9 Å². The SMILES string of the molecule is CC[C@@]12CCC[C@H]1[C@@H]1CC(NC(C)=O)c3c[c]c(OC)cc3[C@H]1CC2. The van der Waals surface area contributed by atoms with Crippen LogP contribution in [0.4, 0.5) is 0 Å². The molecule has 2 fully saturated rings. The van der Waals surface area contributed by atoms with Crippen LogP contribution in [0.25, 0.3) is 0 Å². The molecule has 1 unspecified atom stereocenters. The highest BCUT2D eigenvalue weighted by molar-refractivity contribution is 5.73. The van der Waals surface area contributed by atoms with Crippen molar-refractivity contribution in [3.05, 3.63) is 29.3 Å². The number of ether oxygens (including phenoxy) is 1. The fourth-order valence-electron chi connectivity index (χ4n) is 6.43. The highest BCUT2D eigenvalue weighted by Crippen LogP contribution is 2.63. The fourth-order valence-corrected chi connectivity index (χ4v) is 6.43. The van der Waals surface area contributed by atoms with Crippen LogP contribution in [0.15, 0.2) is 12.1 Å². The maximum atomic E-state index is 11.8. The van der Waals surface area contributed by atoms with Crippen molar-refractivity contribution in [1.82, 2.24) is 5.32 Å². The first-order valence-corrected chi connectivity index (χ1v) is 9.94. The molecule has 4 rings (SSSR count). The number of carbonyl (C=O) groups excluding carboxylic acids is 1. The van der Waals surface area contributed by atoms with Crippen molar-refractivity contribution >= 4 is 5.91 Å². The highest BCUT2D eigenvalue weighted by atomic mass is 16.5. The van der Waals surface area contributed by atoms with Crippen molar-refractivity contribution in [3.8, 4) is 5.75 Å². The fraction of sp³-hybridized carbons (Fsp3) is 0.682. The van der Waals surface area contributed by atoms with Crippen LogP contribution >= 0.6 is 0 Å². The second-order valence-corrected chi connectivity index (χ2v) is 8.42. The summed E-state index contributed by atoms with van der Waals surface area (Å²) in [5, 5.41) is 3.22. The van der Waals surface area contributed by atoms with Crippen LogP contribution < -0.4 is 10.1 Å². The van der Waals surface area contributed by atoms with E-state index in [0.717, 1.165) is 18.1 Å². The third kappa shape index (κ3) is 2.67. The number of fused-ring (bicyclic) bond motifs is 5. The highest BCUT2D eigenvalue weighted by Gasteiger charge is 2.53. The van der Waals surface area contributed by atoms with Gasteiger partial charge in [-0.1, -0.05) is 19.8 Å². The molecule has 3 aliphatic rings. The Morgan fingerprint density at radius 2 is 2.20 bits per heavy atom. The van der Waals surface area contributed by atoms with E-state index in [4.69, 9.17) is 4.74 Å². The van der Waals surface area contributed by atoms with Crippen molar-refractivity contribution in [1.29, 1.82) is 0 Å². The molecule has 25 heavy (non-hydrogen) atoms. The largest absolute Gasteiger partial charge is 0.496 e. The maximum Gasteiger partial charge on any atom is 0.217 e. The summed E-state index contributed by atoms with van der Waals surface area (Å²) in [5.74, 6) is 3.00. The lowest BCUT2D eigenvalue weighted by molar-refractivity contribution is -0.120. The minimum absolute atomic E-state index is 0.0641. The van der Waals surface area contributed by atoms with Gasteiger partial charge in [-0.15, -0.1) is 0 Å². The number of carbonyl (C=O) groups is 1. The van der Waals surface area contributed by atoms with Crippen LogP contribution in [0.3, 0.4) is 0 Å². The summed E-state index contributed by atoms with van der Waals surface area (Å²) in [6.45, 7) is 4.02. The Hall–Kier alpha value is -1.51. The number of hydrogen-bond acceptors (Lipinski definition) is 2. The Labute approximate surface area is 151 Å². The van der Waals surface area contributed by atoms with Gasteiger partial charge in [-0.05, 0) is 78.5 Å². The lowest BCUT2D eigenvalue weighted by Crippen LogP contribution is -2.44. The average molecular weight is 340 g/mol. The van der Waals surface area contributed by atoms with Crippen molar-refractivity contribution < 1.29 is 9.53 Å². The zero-order valence-electron chi connectivity index (χ0n) is 15.7. The first-order chi connectivity index (χ1) is 12.1. The molecule has 1 aromatic carbocycles. The van der Waals surface area contributed by atoms with E-state index < -0.39 is 0 Å². The first-order valence-electron chi connectivity index (χ1n) is 9.94. The summed E-state index contributed by atoms with van der Waals surface area (Å²) >= 11 is 0. The zero-order chi connectivity index (χ0) is 17.6. The molecule has 5 atom stereocenters. The van der Waals surface area contributed by atoms with Gasteiger partial charge in [-0.3, -0.25) is 4.79 Å². The third-order valence-electron chi connectivity index (χ3n) is 7.54. The van der Waals surface area contributed by atoms with Gasteiger partial charge in [0.15, 0.2) is 0 Å². The molecule has 3 aliphatic carbocycles. The van der Waals surface area contributed by atoms with Gasteiger partial charge in [0.05, 0.1) is 13.2 Å². The Morgan fingerprint density at radius 3 is 2.92 bits per heavy atom. The monoisotopic (exact) mass is 340 g/mol. The minimum Gasteiger partial charge on any atom is -0.496 e. The molecular weight excluding hydrogens is 310 g/mol. The molecule has 135 valence electrons. The topological polar surface area (TPSA) is 38.3 Å². The Kier molecular flexibility index (Phi) is 4.29. The smallest absolute Gasteiger partial charge is 0.217 e. The molecule has 3 heteroatoms. The lowest BCUT2D eigenvalue weighted by atomic mass is 9.54. The second-order valence-electron chi connectivity index (χ2n) is 8.42. The summed E-state index contributed by atoms with van der Waals surface area (Å²) in [4.78, 5) is 11.8. The van der Waals surface area contributed by atoms with Crippen molar-refractivity contribution in [2.45, 2.75) is 70.8 Å². The van der Waals surface area contributed by atoms with Crippen LogP contribution in [0.5, 0.6) is 5.75 Å². The zero-order valence-corrected chi connectivity index (χ0v) is 15.7. The molecular formula is C22H30NO2. The van der Waals surface area contributed by atoms with E-state index >= 15 is 0 Å². The van der Waals surface area contributed by atoms with Gasteiger partial charge in [0.2, 0.25) is 5.91 Å². The van der Waals surface area contributed by atoms with Gasteiger partial charge in [0, 0.05) is 13.0 Å². The Balaban J connectivity index is 1.75. The van der Waals surface area contributed by atoms with E-state index in [9.17, 15) is 4.79 Å². The molecule has 3 nitrogen and oxygen atoms in total. The molecule has 1 N–H and O–H groups in total. The molecule has 0 saturated heterocycles. The standard InChI is InChI=1S/C22H30NO2/c1-4-22-10-5-6-20(22)19-13-21(23-14(2)24)17-8-7-15(25-3)12-18(17)16(19)9-11-22/h8,12,16,19-21H,4-6,9-11,13H2,1-3H3,(H,23,24)/t16-,19-,20+,21?,22+/m1/s1. The molecule has 0 bridgehead atoms. The van der Waals surface area contributed by atoms with Gasteiger partial charge in [0.1, 0.15) is 5.75 Å². The van der Waals surface area contributed by atoms with Crippen molar-refractivity contribution in [3.63, 3.8) is 0 Å². The second kappa shape index (κ2) is 6.34. The van der Waals surface area contributed by atoms with Crippen molar-refractivity contribution in [2.75, 3.05) is 7.11 Å². The number of benzene rings is 1. The van der Waals surface area contributed by atoms with Crippen LogP contribution in [0, 0.1) is 23.3 Å². The quantitative estimate of drug-likeness (QED) is 0.861. The predicted octanol–water partition coefficient (Wildman–Crippen LogP) is 4.77. The van der Waals surface area contributed by atoms with E-state index in [-0.39, 0.29) is 11.9 Å². The molecule has 0 heterocycles. The first kappa shape index (κ1) is 16.9. The van der Waals surface area contributed by atoms with E-state index in [2.05, 4.69) is 30.4 Å². The minimum atomic E-state index is 0.0641. The lowest BCUT2D eigenvalue weighted by Gasteiger charge is -2.52. The van der Waals surface area contributed by atoms with Gasteiger partial charge in [0.25, 0.3) is 0 Å². The molecule has 0 aromatic heterocycles. The number of amides is 1. The normalized spacial score (nSPS) is 36.1. The number of rotatable bonds is 3. The summed E-state index contributed by atoms with van der Waals surface area (Å²) in [7, 11) is 1.71. The summed E-state index contributed by atoms with van der Waals surface area (Å²) in [5.41, 5.74) is 3.23. The predicted molar refractivity (Wildman–Crippen MR) is 98.5 cm³/mol. The van der Waals surface area contributed by atoms with Crippen molar-refractivity contribution in [2.24, 2.45) is 17.3 Å². The van der Waals surface area contributed by atoms with E-state index in [0.29, 0.717) is 17.3 Å². The molecule has 1 aromatic rings. The maximum absolute atomic E-state index is 11.8. The van der Waals surface area contributed by atoms with E-state index in [1.54, 1.807) is 14.0 Å². The summed E-state index contributed by atoms with van der Waals surface area (Å²) < 4.78 is 5.46. The number of nitrogens with one attached hydrogen (secondary N) is 1. The summed E-state index contributed by atoms with van der Waals surface area (Å²) in [6, 6.07) is 7.61. The third-order valence-corrected chi connectivity index (χ3v) is 7.54. The molecule has 0 spiro atoms. The Morgan fingerprint density at radius 1 is 1.36 bits per heavy atom. The molecule has 1 radical (unpaired) electrons. The van der Waals surface area contributed by atoms with Gasteiger partial charge in [-0.2, -0.15) is 0 Å². The van der Waals surface area contributed by atoms with Gasteiger partial charge in [-0.25, -0.2) is 0 Å². The Bertz CT molecular complexity index is 670. The van der Waals surface area contributed by atoms with E-state index in [1.165, 1.54) is 49.7 Å². The number of hydrogen-bond donors (Lipinski definition) is 1. The average Bonchev–Trinajstić information content (AvgIpc) is 3.06. The van der Waals surface area contributed by atoms with Crippen LogP contribution in [-0.2, 0) is 4.79 Å². The van der Waals surface area contributed by atoms with Gasteiger partial charge >= 0.3 is 0 Å². The molecule has 0 aliphatic heterocycles. The van der Waals surface area contributed by atoms with Crippen LogP contribution in [0.2, 0.25) is 0 Å². The summed E-state index contributed by atoms with van der Waals surface area (Å²) in [6.07, 6.45) is 9.19. The molecule has 1 amide bonds.